The van der Waals surface area contributed by atoms with E-state index in [9.17, 15) is 9.90 Å². The molecule has 0 aromatic heterocycles. The summed E-state index contributed by atoms with van der Waals surface area (Å²) in [7, 11) is 0. The first-order valence-electron chi connectivity index (χ1n) is 12.8. The summed E-state index contributed by atoms with van der Waals surface area (Å²) in [6.07, 6.45) is 9.82. The zero-order valence-corrected chi connectivity index (χ0v) is 20.7. The van der Waals surface area contributed by atoms with Gasteiger partial charge in [-0.25, -0.2) is 0 Å². The molecule has 0 radical (unpaired) electrons. The monoisotopic (exact) mass is 456 g/mol. The standard InChI is InChI=1S/C31H36O3/c1-5-14-31(33)15-13-27-25-10-7-22-18-23(32)9-11-24(22)29(25)26(19-30(27,31)4)21-8-12-28(20(3)17-21)34-16-6-2/h6,8,12,17-18,25-27,33H,2,7,9-11,13,15-16,19H2,1,3-4H3/t25-,26?,27-,30-,31?/m0/s1. The molecular weight excluding hydrogens is 420 g/mol. The molecule has 0 aliphatic heterocycles. The molecule has 4 aliphatic carbocycles. The number of carbonyl (C=O) groups excluding carboxylic acids is 1. The van der Waals surface area contributed by atoms with E-state index in [1.54, 1.807) is 11.6 Å². The van der Waals surface area contributed by atoms with E-state index in [0.717, 1.165) is 49.8 Å². The summed E-state index contributed by atoms with van der Waals surface area (Å²) >= 11 is 0. The SMILES string of the molecule is C=CCOc1ccc(C2C[C@@]3(C)[C@@H](CCC3(O)C#CC)[C@@H]3CCC4=CC(=O)CCC4=C23)cc1C. The van der Waals surface area contributed by atoms with Gasteiger partial charge in [-0.1, -0.05) is 43.2 Å². The maximum atomic E-state index is 12.2. The number of allylic oxidation sites excluding steroid dienone is 4. The van der Waals surface area contributed by atoms with Crippen LogP contribution in [0.2, 0.25) is 0 Å². The number of ether oxygens (including phenoxy) is 1. The van der Waals surface area contributed by atoms with Crippen LogP contribution in [0.25, 0.3) is 0 Å². The Bertz CT molecular complexity index is 1160. The molecule has 3 heteroatoms. The molecule has 4 aliphatic rings. The topological polar surface area (TPSA) is 46.5 Å². The largest absolute Gasteiger partial charge is 0.489 e. The lowest BCUT2D eigenvalue weighted by molar-refractivity contribution is -0.114. The highest BCUT2D eigenvalue weighted by Gasteiger charge is 2.62. The summed E-state index contributed by atoms with van der Waals surface area (Å²) in [5, 5.41) is 11.8. The van der Waals surface area contributed by atoms with Crippen LogP contribution in [0.15, 0.2) is 53.6 Å². The van der Waals surface area contributed by atoms with E-state index in [0.29, 0.717) is 24.9 Å². The zero-order valence-electron chi connectivity index (χ0n) is 20.7. The van der Waals surface area contributed by atoms with Crippen molar-refractivity contribution in [3.05, 3.63) is 64.8 Å². The molecular formula is C31H36O3. The lowest BCUT2D eigenvalue weighted by Gasteiger charge is -2.53. The van der Waals surface area contributed by atoms with Crippen molar-refractivity contribution in [2.75, 3.05) is 6.61 Å². The molecule has 1 aromatic rings. The smallest absolute Gasteiger partial charge is 0.156 e. The fraction of sp³-hybridized carbons (Fsp3) is 0.516. The number of fused-ring (bicyclic) bond motifs is 4. The molecule has 0 spiro atoms. The van der Waals surface area contributed by atoms with Crippen LogP contribution in [0.3, 0.4) is 0 Å². The Morgan fingerprint density at radius 3 is 2.82 bits per heavy atom. The lowest BCUT2D eigenvalue weighted by atomic mass is 9.51. The number of aryl methyl sites for hydroxylation is 1. The van der Waals surface area contributed by atoms with Gasteiger partial charge in [0.2, 0.25) is 0 Å². The van der Waals surface area contributed by atoms with Gasteiger partial charge in [-0.3, -0.25) is 4.79 Å². The summed E-state index contributed by atoms with van der Waals surface area (Å²) in [4.78, 5) is 12.2. The maximum absolute atomic E-state index is 12.2. The Kier molecular flexibility index (Phi) is 5.85. The minimum atomic E-state index is -0.943. The van der Waals surface area contributed by atoms with Crippen molar-refractivity contribution in [1.82, 2.24) is 0 Å². The average molecular weight is 457 g/mol. The van der Waals surface area contributed by atoms with Gasteiger partial charge in [0.25, 0.3) is 0 Å². The van der Waals surface area contributed by atoms with Crippen LogP contribution >= 0.6 is 0 Å². The number of rotatable bonds is 4. The van der Waals surface area contributed by atoms with E-state index in [-0.39, 0.29) is 17.1 Å². The van der Waals surface area contributed by atoms with Crippen LogP contribution < -0.4 is 4.74 Å². The predicted molar refractivity (Wildman–Crippen MR) is 136 cm³/mol. The van der Waals surface area contributed by atoms with Crippen molar-refractivity contribution in [2.24, 2.45) is 17.3 Å². The molecule has 0 heterocycles. The predicted octanol–water partition coefficient (Wildman–Crippen LogP) is 6.21. The van der Waals surface area contributed by atoms with Gasteiger partial charge >= 0.3 is 0 Å². The molecule has 178 valence electrons. The van der Waals surface area contributed by atoms with Crippen molar-refractivity contribution < 1.29 is 14.6 Å². The number of benzene rings is 1. The second-order valence-electron chi connectivity index (χ2n) is 10.9. The first-order valence-corrected chi connectivity index (χ1v) is 12.8. The highest BCUT2D eigenvalue weighted by atomic mass is 16.5. The highest BCUT2D eigenvalue weighted by molar-refractivity contribution is 5.93. The Labute approximate surface area is 204 Å². The van der Waals surface area contributed by atoms with E-state index in [1.807, 2.05) is 13.0 Å². The van der Waals surface area contributed by atoms with E-state index in [4.69, 9.17) is 4.74 Å². The van der Waals surface area contributed by atoms with Crippen LogP contribution in [0.5, 0.6) is 5.75 Å². The number of ketones is 1. The molecule has 1 N–H and O–H groups in total. The number of hydrogen-bond donors (Lipinski definition) is 1. The molecule has 2 unspecified atom stereocenters. The van der Waals surface area contributed by atoms with E-state index in [1.165, 1.54) is 16.7 Å². The Hall–Kier alpha value is -2.57. The lowest BCUT2D eigenvalue weighted by Crippen LogP contribution is -2.51. The third-order valence-corrected chi connectivity index (χ3v) is 9.18. The quantitative estimate of drug-likeness (QED) is 0.433. The zero-order chi connectivity index (χ0) is 24.1. The van der Waals surface area contributed by atoms with Crippen LogP contribution in [-0.4, -0.2) is 23.1 Å². The highest BCUT2D eigenvalue weighted by Crippen LogP contribution is 2.66. The van der Waals surface area contributed by atoms with Gasteiger partial charge in [-0.15, -0.1) is 5.92 Å². The molecule has 5 rings (SSSR count). The summed E-state index contributed by atoms with van der Waals surface area (Å²) < 4.78 is 5.85. The second kappa shape index (κ2) is 8.58. The maximum Gasteiger partial charge on any atom is 0.156 e. The van der Waals surface area contributed by atoms with Crippen LogP contribution in [0.1, 0.15) is 75.8 Å². The van der Waals surface area contributed by atoms with Crippen molar-refractivity contribution >= 4 is 5.78 Å². The second-order valence-corrected chi connectivity index (χ2v) is 10.9. The fourth-order valence-electron chi connectivity index (χ4n) is 7.58. The normalized spacial score (nSPS) is 34.3. The van der Waals surface area contributed by atoms with E-state index >= 15 is 0 Å². The van der Waals surface area contributed by atoms with Crippen molar-refractivity contribution in [3.8, 4) is 17.6 Å². The first kappa shape index (κ1) is 23.2. The van der Waals surface area contributed by atoms with E-state index < -0.39 is 5.60 Å². The number of carbonyl (C=O) groups is 1. The molecule has 2 saturated carbocycles. The summed E-state index contributed by atoms with van der Waals surface area (Å²) in [5.41, 5.74) is 5.45. The molecule has 0 amide bonds. The number of aliphatic hydroxyl groups is 1. The van der Waals surface area contributed by atoms with Gasteiger partial charge < -0.3 is 9.84 Å². The Balaban J connectivity index is 1.65. The van der Waals surface area contributed by atoms with Gasteiger partial charge in [0.05, 0.1) is 0 Å². The van der Waals surface area contributed by atoms with Crippen molar-refractivity contribution in [2.45, 2.75) is 77.2 Å². The summed E-state index contributed by atoms with van der Waals surface area (Å²) in [5.74, 6) is 8.51. The van der Waals surface area contributed by atoms with Crippen LogP contribution in [0, 0.1) is 36.0 Å². The molecule has 2 fully saturated rings. The molecule has 0 bridgehead atoms. The third kappa shape index (κ3) is 3.50. The van der Waals surface area contributed by atoms with Gasteiger partial charge in [0.1, 0.15) is 18.0 Å². The van der Waals surface area contributed by atoms with Gasteiger partial charge in [-0.2, -0.15) is 0 Å². The fourth-order valence-corrected chi connectivity index (χ4v) is 7.58. The van der Waals surface area contributed by atoms with E-state index in [2.05, 4.69) is 50.5 Å². The molecule has 34 heavy (non-hydrogen) atoms. The van der Waals surface area contributed by atoms with Crippen molar-refractivity contribution in [1.29, 1.82) is 0 Å². The van der Waals surface area contributed by atoms with Gasteiger partial charge in [0.15, 0.2) is 5.78 Å². The van der Waals surface area contributed by atoms with Gasteiger partial charge in [0, 0.05) is 17.8 Å². The molecule has 0 saturated heterocycles. The van der Waals surface area contributed by atoms with Crippen LogP contribution in [-0.2, 0) is 4.79 Å². The Morgan fingerprint density at radius 2 is 2.09 bits per heavy atom. The minimum Gasteiger partial charge on any atom is -0.489 e. The Morgan fingerprint density at radius 1 is 1.26 bits per heavy atom. The average Bonchev–Trinajstić information content (AvgIpc) is 3.07. The summed E-state index contributed by atoms with van der Waals surface area (Å²) in [6.45, 7) is 10.5. The third-order valence-electron chi connectivity index (χ3n) is 9.18. The molecule has 3 nitrogen and oxygen atoms in total. The van der Waals surface area contributed by atoms with Gasteiger partial charge in [-0.05, 0) is 98.6 Å². The van der Waals surface area contributed by atoms with Crippen LogP contribution in [0.4, 0.5) is 0 Å². The first-order chi connectivity index (χ1) is 16.3. The number of hydrogen-bond acceptors (Lipinski definition) is 3. The molecule has 5 atom stereocenters. The summed E-state index contributed by atoms with van der Waals surface area (Å²) in [6, 6.07) is 6.55. The minimum absolute atomic E-state index is 0.216. The van der Waals surface area contributed by atoms with Crippen molar-refractivity contribution in [3.63, 3.8) is 0 Å². The molecule has 1 aromatic carbocycles.